The highest BCUT2D eigenvalue weighted by Crippen LogP contribution is 2.05. The van der Waals surface area contributed by atoms with Gasteiger partial charge in [0.25, 0.3) is 0 Å². The highest BCUT2D eigenvalue weighted by Gasteiger charge is 2.17. The number of hydrogen-bond acceptors (Lipinski definition) is 2. The van der Waals surface area contributed by atoms with Crippen molar-refractivity contribution in [1.82, 2.24) is 5.32 Å². The molecular formula is C15H19NO3. The molecule has 0 saturated heterocycles. The summed E-state index contributed by atoms with van der Waals surface area (Å²) in [5.41, 5.74) is 2.02. The van der Waals surface area contributed by atoms with E-state index in [9.17, 15) is 9.59 Å². The van der Waals surface area contributed by atoms with Gasteiger partial charge in [0.15, 0.2) is 0 Å². The quantitative estimate of drug-likeness (QED) is 0.773. The van der Waals surface area contributed by atoms with E-state index in [1.165, 1.54) is 6.08 Å². The summed E-state index contributed by atoms with van der Waals surface area (Å²) in [6.45, 7) is 3.85. The predicted octanol–water partition coefficient (Wildman–Crippen LogP) is 2.38. The lowest BCUT2D eigenvalue weighted by Crippen LogP contribution is -2.39. The lowest BCUT2D eigenvalue weighted by molar-refractivity contribution is -0.141. The van der Waals surface area contributed by atoms with Gasteiger partial charge in [0, 0.05) is 6.08 Å². The Morgan fingerprint density at radius 1 is 1.42 bits per heavy atom. The zero-order valence-corrected chi connectivity index (χ0v) is 11.2. The highest BCUT2D eigenvalue weighted by molar-refractivity contribution is 5.94. The van der Waals surface area contributed by atoms with E-state index in [1.54, 1.807) is 6.08 Å². The van der Waals surface area contributed by atoms with Crippen LogP contribution in [-0.2, 0) is 9.59 Å². The summed E-state index contributed by atoms with van der Waals surface area (Å²) in [6.07, 6.45) is 4.17. The molecule has 1 aromatic carbocycles. The Labute approximate surface area is 113 Å². The minimum Gasteiger partial charge on any atom is -0.480 e. The molecule has 1 atom stereocenters. The number of nitrogens with one attached hydrogen (secondary N) is 1. The van der Waals surface area contributed by atoms with Crippen molar-refractivity contribution in [3.8, 4) is 0 Å². The van der Waals surface area contributed by atoms with E-state index in [0.29, 0.717) is 12.8 Å². The second-order valence-electron chi connectivity index (χ2n) is 4.44. The van der Waals surface area contributed by atoms with Crippen LogP contribution in [0.4, 0.5) is 0 Å². The number of carbonyl (C=O) groups is 2. The van der Waals surface area contributed by atoms with Gasteiger partial charge in [-0.15, -0.1) is 0 Å². The molecule has 0 bridgehead atoms. The van der Waals surface area contributed by atoms with Crippen molar-refractivity contribution in [1.29, 1.82) is 0 Å². The maximum Gasteiger partial charge on any atom is 0.326 e. The first-order valence-electron chi connectivity index (χ1n) is 6.31. The molecule has 0 radical (unpaired) electrons. The summed E-state index contributed by atoms with van der Waals surface area (Å²) in [4.78, 5) is 22.5. The first-order chi connectivity index (χ1) is 9.02. The minimum absolute atomic E-state index is 0.387. The molecule has 0 saturated carbocycles. The van der Waals surface area contributed by atoms with Crippen molar-refractivity contribution in [2.75, 3.05) is 0 Å². The van der Waals surface area contributed by atoms with E-state index < -0.39 is 12.0 Å². The van der Waals surface area contributed by atoms with Crippen molar-refractivity contribution >= 4 is 18.0 Å². The molecule has 0 aliphatic carbocycles. The molecule has 4 heteroatoms. The monoisotopic (exact) mass is 261 g/mol. The van der Waals surface area contributed by atoms with Crippen LogP contribution in [0.25, 0.3) is 6.08 Å². The van der Waals surface area contributed by atoms with Gasteiger partial charge in [-0.25, -0.2) is 4.79 Å². The van der Waals surface area contributed by atoms with Crippen LogP contribution < -0.4 is 5.32 Å². The Morgan fingerprint density at radius 3 is 2.74 bits per heavy atom. The second kappa shape index (κ2) is 7.36. The topological polar surface area (TPSA) is 66.4 Å². The number of aliphatic carboxylic acids is 1. The minimum atomic E-state index is -1.00. The summed E-state index contributed by atoms with van der Waals surface area (Å²) in [5.74, 6) is -1.39. The Balaban J connectivity index is 2.61. The third-order valence-corrected chi connectivity index (χ3v) is 2.66. The van der Waals surface area contributed by atoms with Gasteiger partial charge in [-0.05, 0) is 25.0 Å². The third kappa shape index (κ3) is 5.38. The van der Waals surface area contributed by atoms with E-state index in [2.05, 4.69) is 5.32 Å². The van der Waals surface area contributed by atoms with Gasteiger partial charge in [0.2, 0.25) is 5.91 Å². The van der Waals surface area contributed by atoms with Gasteiger partial charge < -0.3 is 10.4 Å². The molecule has 0 spiro atoms. The Morgan fingerprint density at radius 2 is 2.16 bits per heavy atom. The number of rotatable bonds is 6. The summed E-state index contributed by atoms with van der Waals surface area (Å²) < 4.78 is 0. The molecule has 0 unspecified atom stereocenters. The highest BCUT2D eigenvalue weighted by atomic mass is 16.4. The lowest BCUT2D eigenvalue weighted by Gasteiger charge is -2.11. The molecular weight excluding hydrogens is 242 g/mol. The normalized spacial score (nSPS) is 12.3. The standard InChI is InChI=1S/C15H19NO3/c1-3-5-13(15(18)19)16-14(17)9-8-12-7-4-6-11(2)10-12/h4,6-10,13H,3,5H2,1-2H3,(H,16,17)(H,18,19)/b9-8+/t13-/m0/s1. The van der Waals surface area contributed by atoms with Gasteiger partial charge in [0.05, 0.1) is 0 Å². The molecule has 0 heterocycles. The van der Waals surface area contributed by atoms with E-state index in [1.807, 2.05) is 38.1 Å². The molecule has 4 nitrogen and oxygen atoms in total. The third-order valence-electron chi connectivity index (χ3n) is 2.66. The predicted molar refractivity (Wildman–Crippen MR) is 74.7 cm³/mol. The average molecular weight is 261 g/mol. The van der Waals surface area contributed by atoms with E-state index in [4.69, 9.17) is 5.11 Å². The number of amides is 1. The second-order valence-corrected chi connectivity index (χ2v) is 4.44. The number of carbonyl (C=O) groups excluding carboxylic acids is 1. The van der Waals surface area contributed by atoms with Crippen LogP contribution in [0.1, 0.15) is 30.9 Å². The van der Waals surface area contributed by atoms with Gasteiger partial charge in [-0.3, -0.25) is 4.79 Å². The number of aryl methyl sites for hydroxylation is 1. The Kier molecular flexibility index (Phi) is 5.79. The van der Waals surface area contributed by atoms with Crippen molar-refractivity contribution in [3.63, 3.8) is 0 Å². The first-order valence-corrected chi connectivity index (χ1v) is 6.31. The van der Waals surface area contributed by atoms with Crippen molar-refractivity contribution in [2.45, 2.75) is 32.7 Å². The fourth-order valence-corrected chi connectivity index (χ4v) is 1.71. The number of carboxylic acids is 1. The SMILES string of the molecule is CCC[C@H](NC(=O)/C=C/c1cccc(C)c1)C(=O)O. The molecule has 19 heavy (non-hydrogen) atoms. The van der Waals surface area contributed by atoms with Crippen LogP contribution in [0.5, 0.6) is 0 Å². The zero-order chi connectivity index (χ0) is 14.3. The van der Waals surface area contributed by atoms with Crippen LogP contribution in [0.15, 0.2) is 30.3 Å². The van der Waals surface area contributed by atoms with E-state index in [-0.39, 0.29) is 5.91 Å². The van der Waals surface area contributed by atoms with Crippen molar-refractivity contribution in [2.24, 2.45) is 0 Å². The Hall–Kier alpha value is -2.10. The first kappa shape index (κ1) is 15.0. The van der Waals surface area contributed by atoms with Crippen LogP contribution >= 0.6 is 0 Å². The van der Waals surface area contributed by atoms with Crippen LogP contribution in [-0.4, -0.2) is 23.0 Å². The van der Waals surface area contributed by atoms with Gasteiger partial charge in [-0.1, -0.05) is 43.2 Å². The number of benzene rings is 1. The molecule has 1 aromatic rings. The molecule has 0 aromatic heterocycles. The summed E-state index contributed by atoms with van der Waals surface area (Å²) >= 11 is 0. The van der Waals surface area contributed by atoms with Crippen LogP contribution in [0.2, 0.25) is 0 Å². The molecule has 0 aliphatic rings. The molecule has 102 valence electrons. The van der Waals surface area contributed by atoms with Crippen LogP contribution in [0, 0.1) is 6.92 Å². The fraction of sp³-hybridized carbons (Fsp3) is 0.333. The number of hydrogen-bond donors (Lipinski definition) is 2. The van der Waals surface area contributed by atoms with Crippen molar-refractivity contribution < 1.29 is 14.7 Å². The smallest absolute Gasteiger partial charge is 0.326 e. The Bertz CT molecular complexity index is 480. The van der Waals surface area contributed by atoms with Crippen molar-refractivity contribution in [3.05, 3.63) is 41.5 Å². The van der Waals surface area contributed by atoms with E-state index >= 15 is 0 Å². The summed E-state index contributed by atoms with van der Waals surface area (Å²) in [6, 6.07) is 6.89. The molecule has 1 rings (SSSR count). The van der Waals surface area contributed by atoms with Gasteiger partial charge >= 0.3 is 5.97 Å². The number of carboxylic acid groups (broad SMARTS) is 1. The fourth-order valence-electron chi connectivity index (χ4n) is 1.71. The molecule has 2 N–H and O–H groups in total. The van der Waals surface area contributed by atoms with Crippen LogP contribution in [0.3, 0.4) is 0 Å². The average Bonchev–Trinajstić information content (AvgIpc) is 2.36. The molecule has 0 fully saturated rings. The maximum absolute atomic E-state index is 11.6. The lowest BCUT2D eigenvalue weighted by atomic mass is 10.1. The van der Waals surface area contributed by atoms with Gasteiger partial charge in [-0.2, -0.15) is 0 Å². The molecule has 1 amide bonds. The summed E-state index contributed by atoms with van der Waals surface area (Å²) in [5, 5.41) is 11.4. The zero-order valence-electron chi connectivity index (χ0n) is 11.2. The van der Waals surface area contributed by atoms with Gasteiger partial charge in [0.1, 0.15) is 6.04 Å². The molecule has 0 aliphatic heterocycles. The van der Waals surface area contributed by atoms with E-state index in [0.717, 1.165) is 11.1 Å². The largest absolute Gasteiger partial charge is 0.480 e. The maximum atomic E-state index is 11.6. The summed E-state index contributed by atoms with van der Waals surface area (Å²) in [7, 11) is 0.